The maximum atomic E-state index is 13.9. The summed E-state index contributed by atoms with van der Waals surface area (Å²) in [5.74, 6) is -1.61. The van der Waals surface area contributed by atoms with Crippen LogP contribution in [0.3, 0.4) is 0 Å². The Hall–Kier alpha value is -2.92. The Bertz CT molecular complexity index is 1330. The number of rotatable bonds is 8. The van der Waals surface area contributed by atoms with Crippen molar-refractivity contribution in [3.63, 3.8) is 0 Å². The second-order valence-electron chi connectivity index (χ2n) is 11.0. The first-order valence-corrected chi connectivity index (χ1v) is 15.2. The zero-order valence-electron chi connectivity index (χ0n) is 22.9. The molecular formula is C29H36F3N3O4S. The highest BCUT2D eigenvalue weighted by atomic mass is 32.2. The van der Waals surface area contributed by atoms with E-state index in [4.69, 9.17) is 0 Å². The summed E-state index contributed by atoms with van der Waals surface area (Å²) in [6.07, 6.45) is -1.48. The van der Waals surface area contributed by atoms with Crippen molar-refractivity contribution in [1.82, 2.24) is 15.1 Å². The van der Waals surface area contributed by atoms with Crippen LogP contribution < -0.4 is 5.32 Å². The van der Waals surface area contributed by atoms with Crippen molar-refractivity contribution in [3.05, 3.63) is 65.7 Å². The molecule has 0 aromatic heterocycles. The molecule has 1 saturated heterocycles. The molecule has 0 radical (unpaired) electrons. The summed E-state index contributed by atoms with van der Waals surface area (Å²) >= 11 is 0. The summed E-state index contributed by atoms with van der Waals surface area (Å²) in [6, 6.07) is 11.4. The maximum Gasteiger partial charge on any atom is 0.416 e. The van der Waals surface area contributed by atoms with Gasteiger partial charge in [0.2, 0.25) is 5.91 Å². The fourth-order valence-electron chi connectivity index (χ4n) is 6.15. The minimum Gasteiger partial charge on any atom is -0.340 e. The van der Waals surface area contributed by atoms with Gasteiger partial charge in [-0.2, -0.15) is 13.2 Å². The maximum absolute atomic E-state index is 13.9. The van der Waals surface area contributed by atoms with Crippen LogP contribution >= 0.6 is 0 Å². The molecule has 1 N–H and O–H groups in total. The van der Waals surface area contributed by atoms with E-state index in [1.807, 2.05) is 20.9 Å². The minimum atomic E-state index is -4.60. The van der Waals surface area contributed by atoms with Gasteiger partial charge in [0.15, 0.2) is 9.84 Å². The number of carbonyl (C=O) groups excluding carboxylic acids is 2. The standard InChI is InChI=1S/C29H36F3N3O4S/c1-20(2)34(3)28(16-8-7-11-23(28)19-40(38,39)24-13-5-4-6-14-24)35-17-15-25(27(35)37)33-26(36)21-10-9-12-22(18-21)29(30,31)32/h4-6,9-10,12-14,18,20,23,25H,7-8,11,15-17,19H2,1-3H3,(H,33,36)/t23-,25-,28?/m0/s1. The van der Waals surface area contributed by atoms with E-state index < -0.39 is 39.2 Å². The number of sulfone groups is 1. The number of benzene rings is 2. The lowest BCUT2D eigenvalue weighted by Crippen LogP contribution is -2.68. The molecule has 2 aromatic rings. The van der Waals surface area contributed by atoms with E-state index in [2.05, 4.69) is 10.2 Å². The van der Waals surface area contributed by atoms with Gasteiger partial charge in [-0.25, -0.2) is 8.42 Å². The Balaban J connectivity index is 1.62. The van der Waals surface area contributed by atoms with Crippen LogP contribution in [0.25, 0.3) is 0 Å². The van der Waals surface area contributed by atoms with Crippen molar-refractivity contribution in [2.24, 2.45) is 5.92 Å². The quantitative estimate of drug-likeness (QED) is 0.489. The number of nitrogens with one attached hydrogen (secondary N) is 1. The number of likely N-dealkylation sites (tertiary alicyclic amines) is 1. The lowest BCUT2D eigenvalue weighted by atomic mass is 9.77. The monoisotopic (exact) mass is 579 g/mol. The molecule has 2 aliphatic rings. The van der Waals surface area contributed by atoms with Crippen molar-refractivity contribution in [2.75, 3.05) is 19.3 Å². The van der Waals surface area contributed by atoms with Crippen LogP contribution in [0, 0.1) is 5.92 Å². The molecule has 11 heteroatoms. The van der Waals surface area contributed by atoms with Crippen LogP contribution in [0.4, 0.5) is 13.2 Å². The fraction of sp³-hybridized carbons (Fsp3) is 0.517. The van der Waals surface area contributed by atoms with Crippen molar-refractivity contribution >= 4 is 21.7 Å². The first-order valence-electron chi connectivity index (χ1n) is 13.6. The molecule has 218 valence electrons. The molecule has 1 unspecified atom stereocenters. The van der Waals surface area contributed by atoms with Gasteiger partial charge in [0, 0.05) is 24.1 Å². The van der Waals surface area contributed by atoms with Crippen LogP contribution in [0.5, 0.6) is 0 Å². The Morgan fingerprint density at radius 1 is 1.10 bits per heavy atom. The van der Waals surface area contributed by atoms with Crippen LogP contribution in [0.1, 0.15) is 61.9 Å². The van der Waals surface area contributed by atoms with Crippen LogP contribution in [0.15, 0.2) is 59.5 Å². The summed E-state index contributed by atoms with van der Waals surface area (Å²) in [7, 11) is -1.75. The van der Waals surface area contributed by atoms with Crippen molar-refractivity contribution < 1.29 is 31.2 Å². The van der Waals surface area contributed by atoms with Gasteiger partial charge >= 0.3 is 6.18 Å². The summed E-state index contributed by atoms with van der Waals surface area (Å²) < 4.78 is 66.4. The SMILES string of the molecule is CC(C)N(C)C1(N2CC[C@H](NC(=O)c3cccc(C(F)(F)F)c3)C2=O)CCCC[C@H]1CS(=O)(=O)c1ccccc1. The van der Waals surface area contributed by atoms with E-state index in [9.17, 15) is 31.2 Å². The molecule has 2 amide bonds. The molecule has 2 fully saturated rings. The molecule has 7 nitrogen and oxygen atoms in total. The molecule has 1 aliphatic heterocycles. The third-order valence-corrected chi connectivity index (χ3v) is 10.2. The Kier molecular flexibility index (Phi) is 8.65. The van der Waals surface area contributed by atoms with Crippen molar-refractivity contribution in [3.8, 4) is 0 Å². The molecule has 0 spiro atoms. The molecule has 0 bridgehead atoms. The number of nitrogens with zero attached hydrogens (tertiary/aromatic N) is 2. The fourth-order valence-corrected chi connectivity index (χ4v) is 7.88. The first-order chi connectivity index (χ1) is 18.8. The Labute approximate surface area is 233 Å². The predicted molar refractivity (Wildman–Crippen MR) is 145 cm³/mol. The summed E-state index contributed by atoms with van der Waals surface area (Å²) in [5.41, 5.74) is -2.01. The highest BCUT2D eigenvalue weighted by molar-refractivity contribution is 7.91. The molecule has 4 rings (SSSR count). The van der Waals surface area contributed by atoms with Gasteiger partial charge in [0.1, 0.15) is 6.04 Å². The van der Waals surface area contributed by atoms with Crippen molar-refractivity contribution in [1.29, 1.82) is 0 Å². The van der Waals surface area contributed by atoms with Gasteiger partial charge in [-0.15, -0.1) is 0 Å². The van der Waals surface area contributed by atoms with E-state index >= 15 is 0 Å². The highest BCUT2D eigenvalue weighted by Crippen LogP contribution is 2.44. The Morgan fingerprint density at radius 2 is 1.80 bits per heavy atom. The van der Waals surface area contributed by atoms with E-state index in [-0.39, 0.29) is 40.5 Å². The molecule has 1 saturated carbocycles. The molecule has 1 heterocycles. The number of halogens is 3. The second-order valence-corrected chi connectivity index (χ2v) is 13.0. The highest BCUT2D eigenvalue weighted by Gasteiger charge is 2.55. The molecule has 2 aromatic carbocycles. The van der Waals surface area contributed by atoms with E-state index in [0.29, 0.717) is 19.4 Å². The van der Waals surface area contributed by atoms with Gasteiger partial charge in [-0.1, -0.05) is 30.7 Å². The van der Waals surface area contributed by atoms with E-state index in [1.54, 1.807) is 35.2 Å². The topological polar surface area (TPSA) is 86.8 Å². The van der Waals surface area contributed by atoms with Gasteiger partial charge in [-0.05, 0) is 76.9 Å². The zero-order valence-corrected chi connectivity index (χ0v) is 23.8. The van der Waals surface area contributed by atoms with Crippen molar-refractivity contribution in [2.45, 2.75) is 74.8 Å². The lowest BCUT2D eigenvalue weighted by Gasteiger charge is -2.56. The summed E-state index contributed by atoms with van der Waals surface area (Å²) in [6.45, 7) is 4.28. The average Bonchev–Trinajstić information content (AvgIpc) is 3.28. The third-order valence-electron chi connectivity index (χ3n) is 8.34. The Morgan fingerprint density at radius 3 is 2.45 bits per heavy atom. The third kappa shape index (κ3) is 5.90. The van der Waals surface area contributed by atoms with Gasteiger partial charge in [-0.3, -0.25) is 14.5 Å². The molecule has 3 atom stereocenters. The second kappa shape index (κ2) is 11.5. The average molecular weight is 580 g/mol. The number of hydrogen-bond acceptors (Lipinski definition) is 5. The van der Waals surface area contributed by atoms with Crippen LogP contribution in [-0.2, 0) is 20.8 Å². The summed E-state index contributed by atoms with van der Waals surface area (Å²) in [5, 5.41) is 2.63. The predicted octanol–water partition coefficient (Wildman–Crippen LogP) is 4.74. The van der Waals surface area contributed by atoms with Crippen LogP contribution in [-0.4, -0.2) is 67.1 Å². The number of hydrogen-bond donors (Lipinski definition) is 1. The molecule has 1 aliphatic carbocycles. The first kappa shape index (κ1) is 30.0. The number of amides is 2. The van der Waals surface area contributed by atoms with E-state index in [0.717, 1.165) is 31.0 Å². The van der Waals surface area contributed by atoms with E-state index in [1.165, 1.54) is 6.07 Å². The largest absolute Gasteiger partial charge is 0.416 e. The minimum absolute atomic E-state index is 0.00780. The van der Waals surface area contributed by atoms with Gasteiger partial charge < -0.3 is 10.2 Å². The van der Waals surface area contributed by atoms with Crippen LogP contribution in [0.2, 0.25) is 0 Å². The zero-order chi connectivity index (χ0) is 29.3. The van der Waals surface area contributed by atoms with Gasteiger partial charge in [0.05, 0.1) is 21.9 Å². The van der Waals surface area contributed by atoms with Gasteiger partial charge in [0.25, 0.3) is 5.91 Å². The number of alkyl halides is 3. The smallest absolute Gasteiger partial charge is 0.340 e. The number of carbonyl (C=O) groups is 2. The molecular weight excluding hydrogens is 543 g/mol. The lowest BCUT2D eigenvalue weighted by molar-refractivity contribution is -0.156. The normalized spacial score (nSPS) is 24.1. The summed E-state index contributed by atoms with van der Waals surface area (Å²) in [4.78, 5) is 30.8. The molecule has 40 heavy (non-hydrogen) atoms.